The van der Waals surface area contributed by atoms with Crippen LogP contribution in [0.3, 0.4) is 0 Å². The summed E-state index contributed by atoms with van der Waals surface area (Å²) in [4.78, 5) is 12.6. The van der Waals surface area contributed by atoms with Crippen molar-refractivity contribution in [3.05, 3.63) is 20.8 Å². The van der Waals surface area contributed by atoms with Crippen molar-refractivity contribution in [2.24, 2.45) is 0 Å². The molecular formula is C11H16BrNOS2. The second kappa shape index (κ2) is 6.07. The molecule has 5 heteroatoms. The third-order valence-corrected chi connectivity index (χ3v) is 4.58. The first-order valence-electron chi connectivity index (χ1n) is 5.08. The summed E-state index contributed by atoms with van der Waals surface area (Å²) in [6.45, 7) is 4.92. The smallest absolute Gasteiger partial charge is 0.220 e. The van der Waals surface area contributed by atoms with Crippen molar-refractivity contribution in [3.8, 4) is 0 Å². The van der Waals surface area contributed by atoms with Gasteiger partial charge >= 0.3 is 0 Å². The van der Waals surface area contributed by atoms with E-state index in [2.05, 4.69) is 59.2 Å². The lowest BCUT2D eigenvalue weighted by molar-refractivity contribution is -0.120. The van der Waals surface area contributed by atoms with Crippen LogP contribution in [0, 0.1) is 0 Å². The van der Waals surface area contributed by atoms with Crippen molar-refractivity contribution in [2.45, 2.75) is 25.7 Å². The van der Waals surface area contributed by atoms with Crippen molar-refractivity contribution >= 4 is 45.8 Å². The summed E-state index contributed by atoms with van der Waals surface area (Å²) < 4.78 is 1.10. The fraction of sp³-hybridized carbons (Fsp3) is 0.545. The highest BCUT2D eigenvalue weighted by atomic mass is 79.9. The summed E-state index contributed by atoms with van der Waals surface area (Å²) >= 11 is 9.18. The van der Waals surface area contributed by atoms with Crippen molar-refractivity contribution < 1.29 is 4.79 Å². The van der Waals surface area contributed by atoms with Crippen LogP contribution in [0.1, 0.15) is 25.1 Å². The number of hydrogen-bond donors (Lipinski definition) is 2. The molecule has 0 radical (unpaired) electrons. The van der Waals surface area contributed by atoms with Crippen LogP contribution in [0.4, 0.5) is 0 Å². The minimum Gasteiger partial charge on any atom is -0.355 e. The Morgan fingerprint density at radius 1 is 1.62 bits per heavy atom. The number of rotatable bonds is 5. The van der Waals surface area contributed by atoms with Crippen LogP contribution < -0.4 is 5.32 Å². The topological polar surface area (TPSA) is 29.1 Å². The summed E-state index contributed by atoms with van der Waals surface area (Å²) in [7, 11) is 0. The lowest BCUT2D eigenvalue weighted by Crippen LogP contribution is -2.36. The van der Waals surface area contributed by atoms with Gasteiger partial charge in [0.05, 0.1) is 0 Å². The average molecular weight is 322 g/mol. The van der Waals surface area contributed by atoms with E-state index >= 15 is 0 Å². The summed E-state index contributed by atoms with van der Waals surface area (Å²) in [5.41, 5.74) is -0.0249. The average Bonchev–Trinajstić information content (AvgIpc) is 2.63. The summed E-state index contributed by atoms with van der Waals surface area (Å²) in [6.07, 6.45) is 0.479. The summed E-state index contributed by atoms with van der Waals surface area (Å²) in [5.74, 6) is 0.662. The number of nitrogens with one attached hydrogen (secondary N) is 1. The number of hydrogen-bond acceptors (Lipinski definition) is 3. The highest BCUT2D eigenvalue weighted by Gasteiger charge is 2.22. The normalized spacial score (nSPS) is 11.5. The van der Waals surface area contributed by atoms with E-state index in [9.17, 15) is 4.79 Å². The molecule has 2 nitrogen and oxygen atoms in total. The monoisotopic (exact) mass is 321 g/mol. The first kappa shape index (κ1) is 14.1. The van der Waals surface area contributed by atoms with Gasteiger partial charge in [-0.05, 0) is 27.7 Å². The molecule has 0 saturated carbocycles. The molecule has 16 heavy (non-hydrogen) atoms. The standard InChI is InChI=1S/C11H16BrNOS2/c1-11(2,7-13-10(14)3-4-15)9-5-8(12)6-16-9/h5-6,15H,3-4,7H2,1-2H3,(H,13,14). The van der Waals surface area contributed by atoms with Crippen molar-refractivity contribution in [1.29, 1.82) is 0 Å². The van der Waals surface area contributed by atoms with Gasteiger partial charge in [0.2, 0.25) is 5.91 Å². The van der Waals surface area contributed by atoms with E-state index in [1.807, 2.05) is 0 Å². The third-order valence-electron chi connectivity index (χ3n) is 2.30. The second-order valence-electron chi connectivity index (χ2n) is 4.26. The van der Waals surface area contributed by atoms with Crippen LogP contribution in [0.2, 0.25) is 0 Å². The minimum atomic E-state index is -0.0249. The molecule has 0 spiro atoms. The van der Waals surface area contributed by atoms with E-state index in [1.165, 1.54) is 4.88 Å². The molecule has 0 aliphatic rings. The first-order valence-corrected chi connectivity index (χ1v) is 7.38. The van der Waals surface area contributed by atoms with E-state index in [0.29, 0.717) is 18.7 Å². The van der Waals surface area contributed by atoms with E-state index in [0.717, 1.165) is 4.47 Å². The predicted octanol–water partition coefficient (Wildman–Crippen LogP) is 3.22. The van der Waals surface area contributed by atoms with E-state index in [1.54, 1.807) is 11.3 Å². The summed E-state index contributed by atoms with van der Waals surface area (Å²) in [6, 6.07) is 2.11. The number of thiophene rings is 1. The van der Waals surface area contributed by atoms with Gasteiger partial charge < -0.3 is 5.32 Å². The van der Waals surface area contributed by atoms with Crippen molar-refractivity contribution in [2.75, 3.05) is 12.3 Å². The molecule has 1 aromatic heterocycles. The third kappa shape index (κ3) is 4.11. The summed E-state index contributed by atoms with van der Waals surface area (Å²) in [5, 5.41) is 5.00. The molecule has 0 aromatic carbocycles. The zero-order chi connectivity index (χ0) is 12.2. The lowest BCUT2D eigenvalue weighted by atomic mass is 9.91. The maximum absolute atomic E-state index is 11.4. The highest BCUT2D eigenvalue weighted by Crippen LogP contribution is 2.30. The molecule has 0 atom stereocenters. The van der Waals surface area contributed by atoms with Gasteiger partial charge in [-0.25, -0.2) is 0 Å². The molecule has 1 amide bonds. The lowest BCUT2D eigenvalue weighted by Gasteiger charge is -2.23. The van der Waals surface area contributed by atoms with Gasteiger partial charge in [-0.3, -0.25) is 4.79 Å². The van der Waals surface area contributed by atoms with E-state index in [-0.39, 0.29) is 11.3 Å². The minimum absolute atomic E-state index is 0.0249. The number of halogens is 1. The molecule has 1 N–H and O–H groups in total. The predicted molar refractivity (Wildman–Crippen MR) is 76.5 cm³/mol. The quantitative estimate of drug-likeness (QED) is 0.801. The molecule has 1 rings (SSSR count). The molecule has 1 heterocycles. The van der Waals surface area contributed by atoms with E-state index < -0.39 is 0 Å². The molecule has 0 bridgehead atoms. The fourth-order valence-electron chi connectivity index (χ4n) is 1.26. The van der Waals surface area contributed by atoms with E-state index in [4.69, 9.17) is 0 Å². The van der Waals surface area contributed by atoms with Crippen LogP contribution in [-0.2, 0) is 10.2 Å². The van der Waals surface area contributed by atoms with Gasteiger partial charge in [0.1, 0.15) is 0 Å². The Morgan fingerprint density at radius 2 is 2.31 bits per heavy atom. The van der Waals surface area contributed by atoms with Crippen LogP contribution in [0.25, 0.3) is 0 Å². The van der Waals surface area contributed by atoms with Crippen LogP contribution in [0.15, 0.2) is 15.9 Å². The molecule has 1 aromatic rings. The molecule has 0 fully saturated rings. The van der Waals surface area contributed by atoms with Gasteiger partial charge in [-0.1, -0.05) is 13.8 Å². The number of thiol groups is 1. The zero-order valence-corrected chi connectivity index (χ0v) is 12.7. The Morgan fingerprint density at radius 3 is 2.81 bits per heavy atom. The fourth-order valence-corrected chi connectivity index (χ4v) is 3.02. The zero-order valence-electron chi connectivity index (χ0n) is 9.42. The van der Waals surface area contributed by atoms with Crippen LogP contribution in [0.5, 0.6) is 0 Å². The Kier molecular flexibility index (Phi) is 5.34. The molecule has 0 aliphatic heterocycles. The van der Waals surface area contributed by atoms with Gasteiger partial charge in [-0.2, -0.15) is 12.6 Å². The van der Waals surface area contributed by atoms with Crippen molar-refractivity contribution in [3.63, 3.8) is 0 Å². The number of carbonyl (C=O) groups is 1. The highest BCUT2D eigenvalue weighted by molar-refractivity contribution is 9.10. The Hall–Kier alpha value is -0.0000000000000000833. The van der Waals surface area contributed by atoms with Crippen molar-refractivity contribution in [1.82, 2.24) is 5.32 Å². The molecule has 0 aliphatic carbocycles. The Labute approximate surface area is 114 Å². The van der Waals surface area contributed by atoms with Crippen LogP contribution in [-0.4, -0.2) is 18.2 Å². The maximum Gasteiger partial charge on any atom is 0.220 e. The molecule has 0 unspecified atom stereocenters. The maximum atomic E-state index is 11.4. The number of carbonyl (C=O) groups excluding carboxylic acids is 1. The van der Waals surface area contributed by atoms with Gasteiger partial charge in [-0.15, -0.1) is 11.3 Å². The Bertz CT molecular complexity index is 363. The SMILES string of the molecule is CC(C)(CNC(=O)CCS)c1cc(Br)cs1. The molecule has 0 saturated heterocycles. The Balaban J connectivity index is 2.55. The van der Waals surface area contributed by atoms with Crippen LogP contribution >= 0.6 is 39.9 Å². The van der Waals surface area contributed by atoms with Gasteiger partial charge in [0.25, 0.3) is 0 Å². The van der Waals surface area contributed by atoms with Gasteiger partial charge in [0.15, 0.2) is 0 Å². The van der Waals surface area contributed by atoms with Gasteiger partial charge in [0, 0.05) is 33.1 Å². The second-order valence-corrected chi connectivity index (χ2v) is 6.54. The molecular weight excluding hydrogens is 306 g/mol. The molecule has 90 valence electrons. The number of amides is 1. The first-order chi connectivity index (χ1) is 7.45. The largest absolute Gasteiger partial charge is 0.355 e.